The van der Waals surface area contributed by atoms with Crippen molar-refractivity contribution < 1.29 is 14.7 Å². The maximum atomic E-state index is 12.4. The number of hydrogen-bond donors (Lipinski definition) is 2. The van der Waals surface area contributed by atoms with Crippen molar-refractivity contribution in [3.63, 3.8) is 0 Å². The van der Waals surface area contributed by atoms with Gasteiger partial charge >= 0.3 is 0 Å². The van der Waals surface area contributed by atoms with E-state index in [2.05, 4.69) is 5.32 Å². The smallest absolute Gasteiger partial charge is 0.252 e. The van der Waals surface area contributed by atoms with Crippen molar-refractivity contribution in [3.8, 4) is 0 Å². The third-order valence-electron chi connectivity index (χ3n) is 4.06. The summed E-state index contributed by atoms with van der Waals surface area (Å²) in [5.74, 6) is 0.804. The second-order valence-corrected chi connectivity index (χ2v) is 6.58. The maximum absolute atomic E-state index is 12.4. The quantitative estimate of drug-likeness (QED) is 0.789. The fraction of sp³-hybridized carbons (Fsp3) is 0.611. The minimum Gasteiger partial charge on any atom is -0.507 e. The lowest BCUT2D eigenvalue weighted by atomic mass is 9.99. The molecule has 23 heavy (non-hydrogen) atoms. The van der Waals surface area contributed by atoms with Crippen LogP contribution >= 0.6 is 0 Å². The van der Waals surface area contributed by atoms with E-state index in [1.165, 1.54) is 12.8 Å². The molecule has 1 aliphatic heterocycles. The number of aliphatic hydroxyl groups excluding tert-OH is 1. The average molecular weight is 320 g/mol. The molecule has 1 amide bonds. The molecule has 0 aromatic heterocycles. The van der Waals surface area contributed by atoms with Gasteiger partial charge in [0.1, 0.15) is 5.76 Å². The molecule has 2 rings (SSSR count). The molecule has 1 fully saturated rings. The zero-order valence-corrected chi connectivity index (χ0v) is 14.6. The molecule has 128 valence electrons. The Morgan fingerprint density at radius 3 is 2.61 bits per heavy atom. The molecule has 2 aliphatic rings. The molecule has 0 unspecified atom stereocenters. The molecule has 1 saturated carbocycles. The lowest BCUT2D eigenvalue weighted by Gasteiger charge is -2.33. The summed E-state index contributed by atoms with van der Waals surface area (Å²) in [6.07, 6.45) is 6.13. The fourth-order valence-corrected chi connectivity index (χ4v) is 2.48. The molecule has 0 spiro atoms. The molecule has 0 atom stereocenters. The van der Waals surface area contributed by atoms with Crippen LogP contribution in [-0.2, 0) is 9.63 Å². The van der Waals surface area contributed by atoms with Gasteiger partial charge in [0, 0.05) is 12.1 Å². The van der Waals surface area contributed by atoms with Crippen LogP contribution in [0, 0.1) is 11.8 Å². The van der Waals surface area contributed by atoms with Crippen molar-refractivity contribution >= 4 is 5.91 Å². The first-order chi connectivity index (χ1) is 11.0. The van der Waals surface area contributed by atoms with Crippen molar-refractivity contribution in [1.29, 1.82) is 0 Å². The summed E-state index contributed by atoms with van der Waals surface area (Å²) in [5.41, 5.74) is 1.82. The molecule has 5 heteroatoms. The van der Waals surface area contributed by atoms with Crippen LogP contribution in [-0.4, -0.2) is 35.8 Å². The Morgan fingerprint density at radius 2 is 2.09 bits per heavy atom. The summed E-state index contributed by atoms with van der Waals surface area (Å²) in [4.78, 5) is 18.3. The number of nitrogens with one attached hydrogen (secondary N) is 1. The van der Waals surface area contributed by atoms with Gasteiger partial charge < -0.3 is 10.4 Å². The molecule has 0 radical (unpaired) electrons. The molecular formula is C18H28N2O3. The van der Waals surface area contributed by atoms with Crippen LogP contribution in [0.25, 0.3) is 0 Å². The van der Waals surface area contributed by atoms with E-state index in [0.717, 1.165) is 5.70 Å². The SMILES string of the molecule is C/C=C1/C(O)=C(C(=O)NCC(C)C)CN(OCC2CC2)/C1=C/C. The summed E-state index contributed by atoms with van der Waals surface area (Å²) >= 11 is 0. The van der Waals surface area contributed by atoms with Gasteiger partial charge in [-0.05, 0) is 38.5 Å². The molecule has 0 saturated heterocycles. The molecule has 0 bridgehead atoms. The van der Waals surface area contributed by atoms with Crippen LogP contribution in [0.1, 0.15) is 40.5 Å². The van der Waals surface area contributed by atoms with Gasteiger partial charge in [-0.25, -0.2) is 5.06 Å². The largest absolute Gasteiger partial charge is 0.507 e. The number of aliphatic hydroxyl groups is 1. The highest BCUT2D eigenvalue weighted by molar-refractivity contribution is 5.95. The van der Waals surface area contributed by atoms with E-state index in [1.54, 1.807) is 5.06 Å². The molecule has 5 nitrogen and oxygen atoms in total. The Labute approximate surface area is 138 Å². The Morgan fingerprint density at radius 1 is 1.39 bits per heavy atom. The zero-order chi connectivity index (χ0) is 17.0. The van der Waals surface area contributed by atoms with Gasteiger partial charge in [0.05, 0.1) is 24.4 Å². The Hall–Kier alpha value is -1.75. The van der Waals surface area contributed by atoms with Gasteiger partial charge in [0.15, 0.2) is 0 Å². The predicted octanol–water partition coefficient (Wildman–Crippen LogP) is 3.08. The van der Waals surface area contributed by atoms with E-state index in [1.807, 2.05) is 39.8 Å². The third-order valence-corrected chi connectivity index (χ3v) is 4.06. The zero-order valence-electron chi connectivity index (χ0n) is 14.6. The van der Waals surface area contributed by atoms with Gasteiger partial charge in [-0.1, -0.05) is 26.0 Å². The second kappa shape index (κ2) is 7.68. The summed E-state index contributed by atoms with van der Waals surface area (Å²) in [6, 6.07) is 0. The van der Waals surface area contributed by atoms with Gasteiger partial charge in [-0.15, -0.1) is 0 Å². The van der Waals surface area contributed by atoms with Crippen LogP contribution in [0.3, 0.4) is 0 Å². The minimum absolute atomic E-state index is 0.0492. The number of hydrogen-bond acceptors (Lipinski definition) is 4. The average Bonchev–Trinajstić information content (AvgIpc) is 3.34. The first kappa shape index (κ1) is 17.6. The Bertz CT molecular complexity index is 542. The topological polar surface area (TPSA) is 61.8 Å². The van der Waals surface area contributed by atoms with Crippen molar-refractivity contribution in [2.45, 2.75) is 40.5 Å². The maximum Gasteiger partial charge on any atom is 0.252 e. The second-order valence-electron chi connectivity index (χ2n) is 6.58. The predicted molar refractivity (Wildman–Crippen MR) is 90.4 cm³/mol. The van der Waals surface area contributed by atoms with E-state index >= 15 is 0 Å². The standard InChI is InChI=1S/C18H28N2O3/c1-5-14-16(6-2)20(23-11-13-7-8-13)10-15(17(14)21)18(22)19-9-12(3)4/h5-6,12-13,21H,7-11H2,1-4H3,(H,19,22)/b14-5+,16-6+. The number of carbonyl (C=O) groups is 1. The lowest BCUT2D eigenvalue weighted by Crippen LogP contribution is -2.39. The molecule has 0 aromatic rings. The molecule has 1 heterocycles. The Balaban J connectivity index is 2.19. The van der Waals surface area contributed by atoms with E-state index < -0.39 is 0 Å². The van der Waals surface area contributed by atoms with Crippen LogP contribution in [0.4, 0.5) is 0 Å². The summed E-state index contributed by atoms with van der Waals surface area (Å²) in [5, 5.41) is 15.1. The third kappa shape index (κ3) is 4.38. The van der Waals surface area contributed by atoms with E-state index in [-0.39, 0.29) is 18.2 Å². The summed E-state index contributed by atoms with van der Waals surface area (Å²) < 4.78 is 0. The molecule has 0 aromatic carbocycles. The van der Waals surface area contributed by atoms with Gasteiger partial charge in [0.25, 0.3) is 5.91 Å². The minimum atomic E-state index is -0.231. The van der Waals surface area contributed by atoms with E-state index in [9.17, 15) is 9.90 Å². The number of amides is 1. The number of hydroxylamine groups is 2. The van der Waals surface area contributed by atoms with Crippen molar-refractivity contribution in [2.75, 3.05) is 19.7 Å². The monoisotopic (exact) mass is 320 g/mol. The first-order valence-electron chi connectivity index (χ1n) is 8.42. The van der Waals surface area contributed by atoms with E-state index in [0.29, 0.717) is 36.1 Å². The highest BCUT2D eigenvalue weighted by Gasteiger charge is 2.32. The van der Waals surface area contributed by atoms with Crippen molar-refractivity contribution in [1.82, 2.24) is 10.4 Å². The van der Waals surface area contributed by atoms with E-state index in [4.69, 9.17) is 4.84 Å². The van der Waals surface area contributed by atoms with Crippen molar-refractivity contribution in [2.24, 2.45) is 11.8 Å². The summed E-state index contributed by atoms with van der Waals surface area (Å²) in [7, 11) is 0. The highest BCUT2D eigenvalue weighted by atomic mass is 16.7. The number of allylic oxidation sites excluding steroid dienone is 2. The molecule has 2 N–H and O–H groups in total. The first-order valence-corrected chi connectivity index (χ1v) is 8.42. The van der Waals surface area contributed by atoms with Gasteiger partial charge in [-0.2, -0.15) is 0 Å². The van der Waals surface area contributed by atoms with Gasteiger partial charge in [-0.3, -0.25) is 9.63 Å². The summed E-state index contributed by atoms with van der Waals surface area (Å²) in [6.45, 7) is 9.34. The van der Waals surface area contributed by atoms with Crippen LogP contribution in [0.2, 0.25) is 0 Å². The van der Waals surface area contributed by atoms with Crippen LogP contribution in [0.5, 0.6) is 0 Å². The number of nitrogens with zero attached hydrogens (tertiary/aromatic N) is 1. The number of rotatable bonds is 6. The van der Waals surface area contributed by atoms with Gasteiger partial charge in [0.2, 0.25) is 0 Å². The van der Waals surface area contributed by atoms with Crippen LogP contribution < -0.4 is 5.32 Å². The lowest BCUT2D eigenvalue weighted by molar-refractivity contribution is -0.135. The van der Waals surface area contributed by atoms with Crippen LogP contribution in [0.15, 0.2) is 34.8 Å². The molecular weight excluding hydrogens is 292 g/mol. The normalized spacial score (nSPS) is 22.4. The Kier molecular flexibility index (Phi) is 5.88. The fourth-order valence-electron chi connectivity index (χ4n) is 2.48. The molecule has 1 aliphatic carbocycles. The number of carbonyl (C=O) groups excluding carboxylic acids is 1. The van der Waals surface area contributed by atoms with Crippen molar-refractivity contribution in [3.05, 3.63) is 34.8 Å². The highest BCUT2D eigenvalue weighted by Crippen LogP contribution is 2.33.